The van der Waals surface area contributed by atoms with Crippen molar-refractivity contribution < 1.29 is 4.79 Å². The summed E-state index contributed by atoms with van der Waals surface area (Å²) in [6.45, 7) is 0. The van der Waals surface area contributed by atoms with Crippen LogP contribution in [0.3, 0.4) is 0 Å². The predicted octanol–water partition coefficient (Wildman–Crippen LogP) is 1.75. The van der Waals surface area contributed by atoms with Gasteiger partial charge in [0.15, 0.2) is 5.78 Å². The normalized spacial score (nSPS) is 27.7. The maximum atomic E-state index is 11.3. The van der Waals surface area contributed by atoms with Gasteiger partial charge in [0.25, 0.3) is 0 Å². The standard InChI is InChI=1S/C10H15NO/c11-8-5-9(12)7-10(6-8)3-1-2-4-10/h5H,1-4,6-7,11H2. The fraction of sp³-hybridized carbons (Fsp3) is 0.700. The summed E-state index contributed by atoms with van der Waals surface area (Å²) in [6.07, 6.45) is 8.28. The van der Waals surface area contributed by atoms with Crippen molar-refractivity contribution in [3.63, 3.8) is 0 Å². The monoisotopic (exact) mass is 165 g/mol. The second kappa shape index (κ2) is 2.61. The van der Waals surface area contributed by atoms with Crippen LogP contribution in [0.5, 0.6) is 0 Å². The average molecular weight is 165 g/mol. The third kappa shape index (κ3) is 1.26. The number of hydrogen-bond acceptors (Lipinski definition) is 2. The predicted molar refractivity (Wildman–Crippen MR) is 47.4 cm³/mol. The zero-order valence-electron chi connectivity index (χ0n) is 7.31. The number of ketones is 1. The third-order valence-corrected chi connectivity index (χ3v) is 3.14. The van der Waals surface area contributed by atoms with Gasteiger partial charge >= 0.3 is 0 Å². The molecule has 2 aliphatic rings. The summed E-state index contributed by atoms with van der Waals surface area (Å²) in [5.41, 5.74) is 6.79. The van der Waals surface area contributed by atoms with Gasteiger partial charge in [-0.2, -0.15) is 0 Å². The fourth-order valence-corrected chi connectivity index (χ4v) is 2.65. The van der Waals surface area contributed by atoms with E-state index in [1.54, 1.807) is 6.08 Å². The quantitative estimate of drug-likeness (QED) is 0.594. The molecule has 66 valence electrons. The van der Waals surface area contributed by atoms with Crippen molar-refractivity contribution in [1.29, 1.82) is 0 Å². The Morgan fingerprint density at radius 1 is 1.25 bits per heavy atom. The number of nitrogens with two attached hydrogens (primary N) is 1. The molecule has 0 bridgehead atoms. The molecule has 1 fully saturated rings. The maximum Gasteiger partial charge on any atom is 0.157 e. The van der Waals surface area contributed by atoms with Crippen molar-refractivity contribution in [3.05, 3.63) is 11.8 Å². The smallest absolute Gasteiger partial charge is 0.157 e. The van der Waals surface area contributed by atoms with Gasteiger partial charge in [0.1, 0.15) is 0 Å². The van der Waals surface area contributed by atoms with Gasteiger partial charge in [-0.3, -0.25) is 4.79 Å². The van der Waals surface area contributed by atoms with Crippen LogP contribution in [0.4, 0.5) is 0 Å². The van der Waals surface area contributed by atoms with E-state index in [2.05, 4.69) is 0 Å². The summed E-state index contributed by atoms with van der Waals surface area (Å²) in [6, 6.07) is 0. The minimum absolute atomic E-state index is 0.237. The van der Waals surface area contributed by atoms with Gasteiger partial charge in [-0.25, -0.2) is 0 Å². The van der Waals surface area contributed by atoms with Gasteiger partial charge in [-0.1, -0.05) is 12.8 Å². The van der Waals surface area contributed by atoms with E-state index in [4.69, 9.17) is 5.73 Å². The molecule has 12 heavy (non-hydrogen) atoms. The average Bonchev–Trinajstić information content (AvgIpc) is 2.33. The van der Waals surface area contributed by atoms with E-state index in [9.17, 15) is 4.79 Å². The van der Waals surface area contributed by atoms with Crippen LogP contribution in [0.1, 0.15) is 38.5 Å². The van der Waals surface area contributed by atoms with Crippen molar-refractivity contribution in [1.82, 2.24) is 0 Å². The van der Waals surface area contributed by atoms with Crippen LogP contribution in [-0.4, -0.2) is 5.78 Å². The molecule has 2 nitrogen and oxygen atoms in total. The lowest BCUT2D eigenvalue weighted by Crippen LogP contribution is -2.27. The minimum atomic E-state index is 0.237. The first-order chi connectivity index (χ1) is 5.70. The SMILES string of the molecule is NC1=CC(=O)CC2(CCCC2)C1. The molecule has 0 unspecified atom stereocenters. The first kappa shape index (κ1) is 7.84. The topological polar surface area (TPSA) is 43.1 Å². The Kier molecular flexibility index (Phi) is 1.71. The number of allylic oxidation sites excluding steroid dienone is 2. The summed E-state index contributed by atoms with van der Waals surface area (Å²) in [5.74, 6) is 0.237. The largest absolute Gasteiger partial charge is 0.402 e. The lowest BCUT2D eigenvalue weighted by atomic mass is 9.74. The van der Waals surface area contributed by atoms with E-state index in [0.717, 1.165) is 18.5 Å². The van der Waals surface area contributed by atoms with Crippen LogP contribution < -0.4 is 5.73 Å². The van der Waals surface area contributed by atoms with Gasteiger partial charge < -0.3 is 5.73 Å². The van der Waals surface area contributed by atoms with E-state index in [1.165, 1.54) is 25.7 Å². The molecule has 0 amide bonds. The molecular formula is C10H15NO. The molecular weight excluding hydrogens is 150 g/mol. The molecule has 0 atom stereocenters. The number of carbonyl (C=O) groups is 1. The van der Waals surface area contributed by atoms with E-state index >= 15 is 0 Å². The van der Waals surface area contributed by atoms with Crippen LogP contribution >= 0.6 is 0 Å². The highest BCUT2D eigenvalue weighted by atomic mass is 16.1. The molecule has 2 aliphatic carbocycles. The molecule has 0 aromatic heterocycles. The molecule has 0 aromatic rings. The van der Waals surface area contributed by atoms with Crippen LogP contribution in [-0.2, 0) is 4.79 Å². The van der Waals surface area contributed by atoms with Crippen molar-refractivity contribution in [2.45, 2.75) is 38.5 Å². The highest BCUT2D eigenvalue weighted by molar-refractivity contribution is 5.91. The lowest BCUT2D eigenvalue weighted by molar-refractivity contribution is -0.117. The summed E-state index contributed by atoms with van der Waals surface area (Å²) >= 11 is 0. The van der Waals surface area contributed by atoms with E-state index in [-0.39, 0.29) is 11.2 Å². The van der Waals surface area contributed by atoms with Crippen molar-refractivity contribution in [2.75, 3.05) is 0 Å². The van der Waals surface area contributed by atoms with E-state index < -0.39 is 0 Å². The Morgan fingerprint density at radius 3 is 2.50 bits per heavy atom. The van der Waals surface area contributed by atoms with Gasteiger partial charge in [-0.15, -0.1) is 0 Å². The molecule has 2 heteroatoms. The molecule has 0 aromatic carbocycles. The third-order valence-electron chi connectivity index (χ3n) is 3.14. The zero-order valence-corrected chi connectivity index (χ0v) is 7.31. The molecule has 0 aliphatic heterocycles. The second-order valence-electron chi connectivity index (χ2n) is 4.25. The van der Waals surface area contributed by atoms with Gasteiger partial charge in [0.05, 0.1) is 0 Å². The molecule has 2 N–H and O–H groups in total. The Balaban J connectivity index is 2.20. The summed E-state index contributed by atoms with van der Waals surface area (Å²) in [4.78, 5) is 11.3. The fourth-order valence-electron chi connectivity index (χ4n) is 2.65. The molecule has 0 radical (unpaired) electrons. The second-order valence-corrected chi connectivity index (χ2v) is 4.25. The van der Waals surface area contributed by atoms with Crippen LogP contribution in [0, 0.1) is 5.41 Å². The summed E-state index contributed by atoms with van der Waals surface area (Å²) < 4.78 is 0. The number of carbonyl (C=O) groups excluding carboxylic acids is 1. The first-order valence-corrected chi connectivity index (χ1v) is 4.69. The summed E-state index contributed by atoms with van der Waals surface area (Å²) in [7, 11) is 0. The molecule has 1 saturated carbocycles. The molecule has 1 spiro atoms. The molecule has 0 heterocycles. The van der Waals surface area contributed by atoms with Crippen LogP contribution in [0.15, 0.2) is 11.8 Å². The minimum Gasteiger partial charge on any atom is -0.402 e. The van der Waals surface area contributed by atoms with Gasteiger partial charge in [-0.05, 0) is 30.8 Å². The maximum absolute atomic E-state index is 11.3. The summed E-state index contributed by atoms with van der Waals surface area (Å²) in [5, 5.41) is 0. The van der Waals surface area contributed by atoms with Crippen LogP contribution in [0.25, 0.3) is 0 Å². The highest BCUT2D eigenvalue weighted by Crippen LogP contribution is 2.47. The van der Waals surface area contributed by atoms with Crippen molar-refractivity contribution in [2.24, 2.45) is 11.1 Å². The Bertz CT molecular complexity index is 236. The number of hydrogen-bond donors (Lipinski definition) is 1. The molecule has 2 rings (SSSR count). The van der Waals surface area contributed by atoms with E-state index in [0.29, 0.717) is 0 Å². The van der Waals surface area contributed by atoms with Gasteiger partial charge in [0.2, 0.25) is 0 Å². The van der Waals surface area contributed by atoms with Crippen molar-refractivity contribution >= 4 is 5.78 Å². The van der Waals surface area contributed by atoms with Crippen LogP contribution in [0.2, 0.25) is 0 Å². The van der Waals surface area contributed by atoms with Crippen molar-refractivity contribution in [3.8, 4) is 0 Å². The molecule has 0 saturated heterocycles. The zero-order chi connectivity index (χ0) is 8.60. The Labute approximate surface area is 72.8 Å². The Morgan fingerprint density at radius 2 is 1.92 bits per heavy atom. The Hall–Kier alpha value is -0.790. The van der Waals surface area contributed by atoms with Gasteiger partial charge in [0, 0.05) is 12.1 Å². The number of rotatable bonds is 0. The lowest BCUT2D eigenvalue weighted by Gasteiger charge is -2.31. The highest BCUT2D eigenvalue weighted by Gasteiger charge is 2.37. The first-order valence-electron chi connectivity index (χ1n) is 4.69. The van der Waals surface area contributed by atoms with E-state index in [1.807, 2.05) is 0 Å².